The summed E-state index contributed by atoms with van der Waals surface area (Å²) in [5.74, 6) is 0. The first-order chi connectivity index (χ1) is 15.9. The van der Waals surface area contributed by atoms with Gasteiger partial charge in [-0.05, 0) is 24.3 Å². The van der Waals surface area contributed by atoms with Crippen molar-refractivity contribution in [3.05, 3.63) is 79.9 Å². The Morgan fingerprint density at radius 1 is 0.600 bits per heavy atom. The van der Waals surface area contributed by atoms with E-state index in [0.717, 1.165) is 41.6 Å². The molecule has 0 aliphatic carbocycles. The number of hydrogen-bond acceptors (Lipinski definition) is 4. The zero-order valence-corrected chi connectivity index (χ0v) is 21.5. The first-order valence-electron chi connectivity index (χ1n) is 12.1. The molecule has 2 aromatic rings. The smallest absolute Gasteiger partial charge is 0.269 e. The first-order valence-corrected chi connectivity index (χ1v) is 12.1. The third-order valence-electron chi connectivity index (χ3n) is 7.63. The summed E-state index contributed by atoms with van der Waals surface area (Å²) in [6, 6.07) is 14.2. The monoisotopic (exact) mass is 524 g/mol. The highest BCUT2D eigenvalue weighted by atomic mass is 35.5. The maximum absolute atomic E-state index is 11.0. The minimum Gasteiger partial charge on any atom is -1.00 e. The van der Waals surface area contributed by atoms with Gasteiger partial charge in [0.1, 0.15) is 13.1 Å². The zero-order chi connectivity index (χ0) is 23.3. The molecule has 0 amide bonds. The second-order valence-corrected chi connectivity index (χ2v) is 9.96. The minimum atomic E-state index is -0.339. The molecule has 0 unspecified atom stereocenters. The Morgan fingerprint density at radius 2 is 0.914 bits per heavy atom. The number of nitro benzene ring substituents is 2. The van der Waals surface area contributed by atoms with Crippen LogP contribution in [0.5, 0.6) is 0 Å². The van der Waals surface area contributed by atoms with E-state index >= 15 is 0 Å². The molecule has 2 aromatic carbocycles. The average Bonchev–Trinajstić information content (AvgIpc) is 3.45. The van der Waals surface area contributed by atoms with E-state index in [9.17, 15) is 20.2 Å². The van der Waals surface area contributed by atoms with Crippen LogP contribution in [0.2, 0.25) is 0 Å². The Bertz CT molecular complexity index is 894. The van der Waals surface area contributed by atoms with E-state index in [1.807, 2.05) is 24.3 Å². The topological polar surface area (TPSA) is 86.3 Å². The van der Waals surface area contributed by atoms with Gasteiger partial charge in [0, 0.05) is 67.5 Å². The predicted molar refractivity (Wildman–Crippen MR) is 126 cm³/mol. The van der Waals surface area contributed by atoms with Crippen LogP contribution in [-0.2, 0) is 13.1 Å². The molecule has 2 saturated heterocycles. The summed E-state index contributed by atoms with van der Waals surface area (Å²) < 4.78 is 2.16. The quantitative estimate of drug-likeness (QED) is 0.222. The van der Waals surface area contributed by atoms with Gasteiger partial charge in [-0.3, -0.25) is 20.2 Å². The Morgan fingerprint density at radius 3 is 1.20 bits per heavy atom. The van der Waals surface area contributed by atoms with Gasteiger partial charge in [-0.15, -0.1) is 0 Å². The molecule has 2 heterocycles. The molecule has 2 fully saturated rings. The molecule has 0 N–H and O–H groups in total. The molecule has 2 aliphatic rings. The molecule has 0 saturated carbocycles. The van der Waals surface area contributed by atoms with E-state index in [1.165, 1.54) is 63.0 Å². The van der Waals surface area contributed by atoms with Crippen LogP contribution in [-0.4, -0.2) is 58.1 Å². The lowest BCUT2D eigenvalue weighted by atomic mass is 10.1. The zero-order valence-electron chi connectivity index (χ0n) is 20.0. The highest BCUT2D eigenvalue weighted by molar-refractivity contribution is 5.33. The third-order valence-corrected chi connectivity index (χ3v) is 7.63. The maximum atomic E-state index is 11.0. The SMILES string of the molecule is O=[N+]([O-])c1ccc(C[N+]2(CCC[N+]3(Cc4ccc([N+](=O)[O-])cc4)CCCC3)CCCC2)cc1.[Cl-].[Cl-]. The maximum Gasteiger partial charge on any atom is 0.269 e. The fourth-order valence-electron chi connectivity index (χ4n) is 5.90. The van der Waals surface area contributed by atoms with Crippen molar-refractivity contribution in [2.24, 2.45) is 0 Å². The van der Waals surface area contributed by atoms with Crippen LogP contribution in [0.25, 0.3) is 0 Å². The van der Waals surface area contributed by atoms with Gasteiger partial charge in [0.25, 0.3) is 11.4 Å². The lowest BCUT2D eigenvalue weighted by molar-refractivity contribution is -0.947. The van der Waals surface area contributed by atoms with E-state index in [1.54, 1.807) is 24.3 Å². The van der Waals surface area contributed by atoms with Crippen molar-refractivity contribution >= 4 is 11.4 Å². The number of benzene rings is 2. The van der Waals surface area contributed by atoms with Crippen LogP contribution < -0.4 is 24.8 Å². The summed E-state index contributed by atoms with van der Waals surface area (Å²) >= 11 is 0. The van der Waals surface area contributed by atoms with Crippen LogP contribution in [0.1, 0.15) is 43.2 Å². The number of rotatable bonds is 10. The Kier molecular flexibility index (Phi) is 10.5. The molecule has 10 heteroatoms. The molecule has 192 valence electrons. The van der Waals surface area contributed by atoms with Crippen LogP contribution in [0.3, 0.4) is 0 Å². The van der Waals surface area contributed by atoms with Gasteiger partial charge in [-0.2, -0.15) is 0 Å². The third kappa shape index (κ3) is 7.36. The molecular weight excluding hydrogens is 491 g/mol. The number of non-ortho nitro benzene ring substituents is 2. The molecule has 0 atom stereocenters. The van der Waals surface area contributed by atoms with Gasteiger partial charge in [0.2, 0.25) is 0 Å². The second-order valence-electron chi connectivity index (χ2n) is 9.96. The van der Waals surface area contributed by atoms with Gasteiger partial charge in [0.15, 0.2) is 0 Å². The van der Waals surface area contributed by atoms with Crippen molar-refractivity contribution in [2.45, 2.75) is 45.2 Å². The van der Waals surface area contributed by atoms with Gasteiger partial charge < -0.3 is 33.8 Å². The molecule has 4 rings (SSSR count). The highest BCUT2D eigenvalue weighted by Crippen LogP contribution is 2.28. The van der Waals surface area contributed by atoms with Crippen molar-refractivity contribution in [2.75, 3.05) is 39.3 Å². The number of nitro groups is 2. The normalized spacial score (nSPS) is 17.8. The van der Waals surface area contributed by atoms with E-state index in [4.69, 9.17) is 0 Å². The average molecular weight is 525 g/mol. The molecule has 35 heavy (non-hydrogen) atoms. The summed E-state index contributed by atoms with van der Waals surface area (Å²) in [5.41, 5.74) is 2.66. The van der Waals surface area contributed by atoms with Crippen molar-refractivity contribution in [3.8, 4) is 0 Å². The van der Waals surface area contributed by atoms with E-state index in [0.29, 0.717) is 0 Å². The lowest BCUT2D eigenvalue weighted by Crippen LogP contribution is -3.00. The molecule has 8 nitrogen and oxygen atoms in total. The Hall–Kier alpha value is -2.26. The van der Waals surface area contributed by atoms with E-state index in [-0.39, 0.29) is 46.0 Å². The van der Waals surface area contributed by atoms with Gasteiger partial charge >= 0.3 is 0 Å². The number of halogens is 2. The summed E-state index contributed by atoms with van der Waals surface area (Å²) in [6.07, 6.45) is 6.14. The predicted octanol–water partition coefficient (Wildman–Crippen LogP) is -1.18. The lowest BCUT2D eigenvalue weighted by Gasteiger charge is -2.38. The fourth-order valence-corrected chi connectivity index (χ4v) is 5.90. The van der Waals surface area contributed by atoms with Crippen molar-refractivity contribution in [1.82, 2.24) is 0 Å². The number of likely N-dealkylation sites (tertiary alicyclic amines) is 2. The minimum absolute atomic E-state index is 0. The number of nitrogens with zero attached hydrogens (tertiary/aromatic N) is 4. The number of quaternary nitrogens is 2. The van der Waals surface area contributed by atoms with Crippen molar-refractivity contribution < 1.29 is 43.6 Å². The largest absolute Gasteiger partial charge is 1.00 e. The van der Waals surface area contributed by atoms with Gasteiger partial charge in [-0.25, -0.2) is 0 Å². The van der Waals surface area contributed by atoms with Crippen molar-refractivity contribution in [1.29, 1.82) is 0 Å². The highest BCUT2D eigenvalue weighted by Gasteiger charge is 2.36. The van der Waals surface area contributed by atoms with Gasteiger partial charge in [-0.1, -0.05) is 0 Å². The Balaban J connectivity index is 0.00000216. The molecule has 0 radical (unpaired) electrons. The van der Waals surface area contributed by atoms with Crippen LogP contribution >= 0.6 is 0 Å². The summed E-state index contributed by atoms with van der Waals surface area (Å²) in [7, 11) is 0. The second kappa shape index (κ2) is 12.6. The van der Waals surface area contributed by atoms with Crippen molar-refractivity contribution in [3.63, 3.8) is 0 Å². The molecular formula is C25H34Cl2N4O4. The summed E-state index contributed by atoms with van der Waals surface area (Å²) in [4.78, 5) is 21.3. The van der Waals surface area contributed by atoms with Gasteiger partial charge in [0.05, 0.1) is 49.1 Å². The molecule has 0 aromatic heterocycles. The summed E-state index contributed by atoms with van der Waals surface area (Å²) in [6.45, 7) is 8.88. The molecule has 2 aliphatic heterocycles. The molecule has 0 bridgehead atoms. The van der Waals surface area contributed by atoms with E-state index < -0.39 is 0 Å². The Labute approximate surface area is 219 Å². The van der Waals surface area contributed by atoms with Crippen LogP contribution in [0.15, 0.2) is 48.5 Å². The number of hydrogen-bond donors (Lipinski definition) is 0. The summed E-state index contributed by atoms with van der Waals surface area (Å²) in [5, 5.41) is 21.9. The van der Waals surface area contributed by atoms with E-state index in [2.05, 4.69) is 0 Å². The van der Waals surface area contributed by atoms with Crippen LogP contribution in [0, 0.1) is 20.2 Å². The first kappa shape index (κ1) is 29.0. The standard InChI is InChI=1S/C25H34N4O4.2ClH/c30-26(31)24-10-6-22(7-11-24)20-28(14-1-2-15-28)18-5-19-29(16-3-4-17-29)21-23-8-12-25(13-9-23)27(32)33;;/h6-13H,1-5,14-21H2;2*1H/q+2;;/p-2. The fraction of sp³-hybridized carbons (Fsp3) is 0.520. The van der Waals surface area contributed by atoms with Crippen LogP contribution in [0.4, 0.5) is 11.4 Å². The molecule has 0 spiro atoms.